The monoisotopic (exact) mass is 181 g/mol. The van der Waals surface area contributed by atoms with Crippen molar-refractivity contribution < 1.29 is 19.6 Å². The Labute approximate surface area is 75.1 Å². The third kappa shape index (κ3) is 2.04. The van der Waals surface area contributed by atoms with Crippen LogP contribution in [0.2, 0.25) is 0 Å². The maximum atomic E-state index is 11.1. The molecular formula is C7H8BNO4. The van der Waals surface area contributed by atoms with Gasteiger partial charge in [0.05, 0.1) is 12.7 Å². The number of pyridine rings is 1. The van der Waals surface area contributed by atoms with Gasteiger partial charge >= 0.3 is 13.1 Å². The average molecular weight is 181 g/mol. The Morgan fingerprint density at radius 1 is 1.62 bits per heavy atom. The second-order valence-electron chi connectivity index (χ2n) is 2.33. The van der Waals surface area contributed by atoms with Crippen LogP contribution in [0.3, 0.4) is 0 Å². The second-order valence-corrected chi connectivity index (χ2v) is 2.33. The molecular weight excluding hydrogens is 173 g/mol. The normalized spacial score (nSPS) is 9.46. The van der Waals surface area contributed by atoms with Crippen LogP contribution in [0.5, 0.6) is 0 Å². The molecule has 0 radical (unpaired) electrons. The Morgan fingerprint density at radius 2 is 2.31 bits per heavy atom. The van der Waals surface area contributed by atoms with E-state index in [1.807, 2.05) is 0 Å². The number of hydrogen-bond donors (Lipinski definition) is 2. The number of carbonyl (C=O) groups is 1. The van der Waals surface area contributed by atoms with Gasteiger partial charge in [-0.15, -0.1) is 0 Å². The zero-order valence-corrected chi connectivity index (χ0v) is 6.97. The number of nitrogens with zero attached hydrogens (tertiary/aromatic N) is 1. The first-order chi connectivity index (χ1) is 6.16. The molecule has 0 atom stereocenters. The summed E-state index contributed by atoms with van der Waals surface area (Å²) in [6.07, 6.45) is 2.59. The summed E-state index contributed by atoms with van der Waals surface area (Å²) in [7, 11) is -0.486. The molecule has 13 heavy (non-hydrogen) atoms. The van der Waals surface area contributed by atoms with E-state index in [0.29, 0.717) is 0 Å². The topological polar surface area (TPSA) is 79.7 Å². The Kier molecular flexibility index (Phi) is 3.00. The van der Waals surface area contributed by atoms with Crippen LogP contribution in [0.4, 0.5) is 0 Å². The molecule has 1 heterocycles. The Bertz CT molecular complexity index is 315. The van der Waals surface area contributed by atoms with E-state index in [4.69, 9.17) is 10.0 Å². The van der Waals surface area contributed by atoms with Gasteiger partial charge in [0.25, 0.3) is 0 Å². The van der Waals surface area contributed by atoms with Crippen LogP contribution < -0.4 is 5.46 Å². The maximum Gasteiger partial charge on any atom is 0.489 e. The number of methoxy groups -OCH3 is 1. The van der Waals surface area contributed by atoms with Crippen LogP contribution in [0.1, 0.15) is 10.4 Å². The number of rotatable bonds is 2. The predicted octanol–water partition coefficient (Wildman–Crippen LogP) is -1.45. The zero-order chi connectivity index (χ0) is 9.84. The van der Waals surface area contributed by atoms with E-state index in [9.17, 15) is 4.79 Å². The third-order valence-electron chi connectivity index (χ3n) is 1.54. The average Bonchev–Trinajstić information content (AvgIpc) is 2.16. The molecule has 0 aliphatic carbocycles. The van der Waals surface area contributed by atoms with Crippen molar-refractivity contribution in [3.05, 3.63) is 24.0 Å². The first-order valence-electron chi connectivity index (χ1n) is 3.55. The molecule has 2 N–H and O–H groups in total. The van der Waals surface area contributed by atoms with Gasteiger partial charge in [-0.3, -0.25) is 4.98 Å². The van der Waals surface area contributed by atoms with Crippen LogP contribution in [0, 0.1) is 0 Å². The Morgan fingerprint density at radius 3 is 2.85 bits per heavy atom. The number of aromatic nitrogens is 1. The molecule has 1 aromatic rings. The summed E-state index contributed by atoms with van der Waals surface area (Å²) in [5.41, 5.74) is 0.141. The fourth-order valence-electron chi connectivity index (χ4n) is 0.911. The van der Waals surface area contributed by atoms with Crippen LogP contribution >= 0.6 is 0 Å². The van der Waals surface area contributed by atoms with Gasteiger partial charge < -0.3 is 14.8 Å². The van der Waals surface area contributed by atoms with E-state index in [2.05, 4.69) is 9.72 Å². The third-order valence-corrected chi connectivity index (χ3v) is 1.54. The fourth-order valence-corrected chi connectivity index (χ4v) is 0.911. The molecule has 0 amide bonds. The molecule has 0 aromatic carbocycles. The molecule has 1 rings (SSSR count). The van der Waals surface area contributed by atoms with Gasteiger partial charge in [-0.2, -0.15) is 0 Å². The maximum absolute atomic E-state index is 11.1. The van der Waals surface area contributed by atoms with Gasteiger partial charge in [0.15, 0.2) is 0 Å². The summed E-state index contributed by atoms with van der Waals surface area (Å²) < 4.78 is 4.43. The van der Waals surface area contributed by atoms with Gasteiger partial charge in [0, 0.05) is 12.4 Å². The lowest BCUT2D eigenvalue weighted by Gasteiger charge is -2.04. The number of ether oxygens (including phenoxy) is 1. The van der Waals surface area contributed by atoms with Gasteiger partial charge in [0.2, 0.25) is 0 Å². The van der Waals surface area contributed by atoms with Gasteiger partial charge in [-0.25, -0.2) is 4.79 Å². The highest BCUT2D eigenvalue weighted by Gasteiger charge is 2.20. The molecule has 6 heteroatoms. The van der Waals surface area contributed by atoms with E-state index < -0.39 is 13.1 Å². The molecule has 0 saturated carbocycles. The molecule has 0 aliphatic rings. The minimum atomic E-state index is -1.70. The molecule has 0 unspecified atom stereocenters. The predicted molar refractivity (Wildman–Crippen MR) is 45.4 cm³/mol. The van der Waals surface area contributed by atoms with Crippen molar-refractivity contribution in [2.45, 2.75) is 0 Å². The standard InChI is InChI=1S/C7H8BNO4/c1-13-7(10)5-4-9-3-2-6(5)8(11)12/h2-4,11-12H,1H3. The van der Waals surface area contributed by atoms with Crippen molar-refractivity contribution in [3.8, 4) is 0 Å². The quantitative estimate of drug-likeness (QED) is 0.430. The largest absolute Gasteiger partial charge is 0.489 e. The van der Waals surface area contributed by atoms with Gasteiger partial charge in [-0.1, -0.05) is 0 Å². The lowest BCUT2D eigenvalue weighted by Crippen LogP contribution is -2.35. The van der Waals surface area contributed by atoms with Crippen molar-refractivity contribution in [1.82, 2.24) is 4.98 Å². The second kappa shape index (κ2) is 4.02. The SMILES string of the molecule is COC(=O)c1cnccc1B(O)O. The Balaban J connectivity index is 3.12. The molecule has 0 saturated heterocycles. The molecule has 0 fully saturated rings. The van der Waals surface area contributed by atoms with Crippen molar-refractivity contribution >= 4 is 18.6 Å². The minimum Gasteiger partial charge on any atom is -0.465 e. The van der Waals surface area contributed by atoms with Gasteiger partial charge in [-0.05, 0) is 11.5 Å². The van der Waals surface area contributed by atoms with E-state index in [0.717, 1.165) is 0 Å². The lowest BCUT2D eigenvalue weighted by molar-refractivity contribution is 0.0601. The van der Waals surface area contributed by atoms with Crippen LogP contribution in [0.25, 0.3) is 0 Å². The van der Waals surface area contributed by atoms with E-state index in [1.54, 1.807) is 0 Å². The molecule has 1 aromatic heterocycles. The van der Waals surface area contributed by atoms with Crippen molar-refractivity contribution in [3.63, 3.8) is 0 Å². The first-order valence-corrected chi connectivity index (χ1v) is 3.55. The van der Waals surface area contributed by atoms with Crippen LogP contribution in [-0.4, -0.2) is 35.2 Å². The van der Waals surface area contributed by atoms with E-state index >= 15 is 0 Å². The summed E-state index contributed by atoms with van der Waals surface area (Å²) in [5.74, 6) is -0.642. The van der Waals surface area contributed by atoms with E-state index in [-0.39, 0.29) is 11.0 Å². The number of esters is 1. The van der Waals surface area contributed by atoms with Crippen molar-refractivity contribution in [2.75, 3.05) is 7.11 Å². The van der Waals surface area contributed by atoms with Crippen molar-refractivity contribution in [2.24, 2.45) is 0 Å². The van der Waals surface area contributed by atoms with Crippen molar-refractivity contribution in [1.29, 1.82) is 0 Å². The highest BCUT2D eigenvalue weighted by Crippen LogP contribution is 1.96. The number of hydrogen-bond acceptors (Lipinski definition) is 5. The van der Waals surface area contributed by atoms with E-state index in [1.165, 1.54) is 25.6 Å². The summed E-state index contributed by atoms with van der Waals surface area (Å²) in [5, 5.41) is 17.7. The van der Waals surface area contributed by atoms with Crippen LogP contribution in [0.15, 0.2) is 18.5 Å². The lowest BCUT2D eigenvalue weighted by atomic mass is 9.78. The highest BCUT2D eigenvalue weighted by molar-refractivity contribution is 6.60. The number of carbonyl (C=O) groups excluding carboxylic acids is 1. The molecule has 0 spiro atoms. The first kappa shape index (κ1) is 9.69. The fraction of sp³-hybridized carbons (Fsp3) is 0.143. The molecule has 0 bridgehead atoms. The summed E-state index contributed by atoms with van der Waals surface area (Å²) in [6.45, 7) is 0. The van der Waals surface area contributed by atoms with Gasteiger partial charge in [0.1, 0.15) is 0 Å². The van der Waals surface area contributed by atoms with Crippen LogP contribution in [-0.2, 0) is 4.74 Å². The molecule has 0 aliphatic heterocycles. The molecule has 68 valence electrons. The summed E-state index contributed by atoms with van der Waals surface area (Å²) in [6, 6.07) is 1.34. The molecule has 5 nitrogen and oxygen atoms in total. The summed E-state index contributed by atoms with van der Waals surface area (Å²) >= 11 is 0. The zero-order valence-electron chi connectivity index (χ0n) is 6.97. The minimum absolute atomic E-state index is 0.0556. The summed E-state index contributed by atoms with van der Waals surface area (Å²) in [4.78, 5) is 14.7. The highest BCUT2D eigenvalue weighted by atomic mass is 16.5. The smallest absolute Gasteiger partial charge is 0.465 e. The Hall–Kier alpha value is -1.40.